The molecule has 0 aliphatic carbocycles. The van der Waals surface area contributed by atoms with Crippen LogP contribution in [0.4, 0.5) is 11.4 Å². The van der Waals surface area contributed by atoms with Gasteiger partial charge in [-0.05, 0) is 12.1 Å². The summed E-state index contributed by atoms with van der Waals surface area (Å²) in [6.45, 7) is 0.383. The Hall–Kier alpha value is -1.26. The molecule has 0 saturated carbocycles. The predicted molar refractivity (Wildman–Crippen MR) is 51.5 cm³/mol. The molecule has 0 heterocycles. The van der Waals surface area contributed by atoms with Gasteiger partial charge in [0.25, 0.3) is 0 Å². The van der Waals surface area contributed by atoms with Crippen LogP contribution in [0.3, 0.4) is 0 Å². The highest BCUT2D eigenvalue weighted by atomic mass is 15.1. The van der Waals surface area contributed by atoms with Gasteiger partial charge in [0.1, 0.15) is 0 Å². The molecule has 0 bridgehead atoms. The van der Waals surface area contributed by atoms with E-state index in [0.29, 0.717) is 12.2 Å². The van der Waals surface area contributed by atoms with Gasteiger partial charge in [0.15, 0.2) is 0 Å². The molecular weight excluding hydrogens is 152 g/mol. The van der Waals surface area contributed by atoms with E-state index in [1.165, 1.54) is 0 Å². The molecule has 7 N–H and O–H groups in total. The second kappa shape index (κ2) is 3.94. The summed E-state index contributed by atoms with van der Waals surface area (Å²) < 4.78 is 0. The molecule has 0 aromatic heterocycles. The molecular formula is C8H14N4. The number of rotatable bonds is 3. The van der Waals surface area contributed by atoms with E-state index in [1.807, 2.05) is 24.3 Å². The molecule has 0 aliphatic heterocycles. The first-order valence-corrected chi connectivity index (χ1v) is 3.80. The molecule has 66 valence electrons. The molecule has 1 aromatic rings. The van der Waals surface area contributed by atoms with Crippen LogP contribution in [0.1, 0.15) is 0 Å². The Balaban J connectivity index is 2.69. The third-order valence-corrected chi connectivity index (χ3v) is 1.56. The van der Waals surface area contributed by atoms with Crippen molar-refractivity contribution in [1.82, 2.24) is 0 Å². The van der Waals surface area contributed by atoms with Crippen molar-refractivity contribution in [3.05, 3.63) is 24.3 Å². The third kappa shape index (κ3) is 2.11. The number of anilines is 2. The summed E-state index contributed by atoms with van der Waals surface area (Å²) >= 11 is 0. The first-order chi connectivity index (χ1) is 5.74. The fraction of sp³-hybridized carbons (Fsp3) is 0.250. The Morgan fingerprint density at radius 3 is 2.58 bits per heavy atom. The largest absolute Gasteiger partial charge is 0.397 e. The van der Waals surface area contributed by atoms with Gasteiger partial charge in [-0.2, -0.15) is 0 Å². The van der Waals surface area contributed by atoms with Crippen LogP contribution >= 0.6 is 0 Å². The molecule has 0 unspecified atom stereocenters. The van der Waals surface area contributed by atoms with Crippen LogP contribution in [0.15, 0.2) is 24.3 Å². The second-order valence-electron chi connectivity index (χ2n) is 2.57. The van der Waals surface area contributed by atoms with Gasteiger partial charge in [-0.1, -0.05) is 12.1 Å². The number of hydrogen-bond donors (Lipinski definition) is 4. The lowest BCUT2D eigenvalue weighted by molar-refractivity contribution is 0.768. The van der Waals surface area contributed by atoms with E-state index in [1.54, 1.807) is 0 Å². The van der Waals surface area contributed by atoms with Crippen LogP contribution in [-0.4, -0.2) is 12.7 Å². The lowest BCUT2D eigenvalue weighted by Gasteiger charge is -2.14. The summed E-state index contributed by atoms with van der Waals surface area (Å²) in [7, 11) is 0. The molecule has 12 heavy (non-hydrogen) atoms. The van der Waals surface area contributed by atoms with Gasteiger partial charge in [0.2, 0.25) is 0 Å². The quantitative estimate of drug-likeness (QED) is 0.373. The van der Waals surface area contributed by atoms with Crippen LogP contribution in [0.2, 0.25) is 0 Å². The molecule has 4 heteroatoms. The van der Waals surface area contributed by atoms with Crippen molar-refractivity contribution in [1.29, 1.82) is 0 Å². The Morgan fingerprint density at radius 1 is 1.33 bits per heavy atom. The Kier molecular flexibility index (Phi) is 2.90. The fourth-order valence-corrected chi connectivity index (χ4v) is 0.887. The predicted octanol–water partition coefficient (Wildman–Crippen LogP) is -0.0758. The topological polar surface area (TPSA) is 90.1 Å². The van der Waals surface area contributed by atoms with E-state index in [-0.39, 0.29) is 6.17 Å². The van der Waals surface area contributed by atoms with E-state index < -0.39 is 0 Å². The number of nitrogens with one attached hydrogen (secondary N) is 1. The van der Waals surface area contributed by atoms with Crippen molar-refractivity contribution in [2.45, 2.75) is 6.17 Å². The third-order valence-electron chi connectivity index (χ3n) is 1.56. The van der Waals surface area contributed by atoms with Crippen molar-refractivity contribution in [3.63, 3.8) is 0 Å². The second-order valence-corrected chi connectivity index (χ2v) is 2.57. The maximum Gasteiger partial charge on any atom is 0.0869 e. The number of nitrogen functional groups attached to an aromatic ring is 1. The van der Waals surface area contributed by atoms with E-state index in [0.717, 1.165) is 5.69 Å². The normalized spacial score (nSPS) is 12.5. The highest BCUT2D eigenvalue weighted by Crippen LogP contribution is 2.16. The zero-order chi connectivity index (χ0) is 8.97. The first kappa shape index (κ1) is 8.83. The van der Waals surface area contributed by atoms with Crippen molar-refractivity contribution >= 4 is 11.4 Å². The molecule has 1 aromatic carbocycles. The van der Waals surface area contributed by atoms with Crippen LogP contribution in [-0.2, 0) is 0 Å². The van der Waals surface area contributed by atoms with Gasteiger partial charge >= 0.3 is 0 Å². The smallest absolute Gasteiger partial charge is 0.0869 e. The average Bonchev–Trinajstić information content (AvgIpc) is 2.09. The summed E-state index contributed by atoms with van der Waals surface area (Å²) in [6, 6.07) is 7.44. The Labute approximate surface area is 71.7 Å². The maximum atomic E-state index is 5.66. The van der Waals surface area contributed by atoms with Gasteiger partial charge in [0.05, 0.1) is 17.5 Å². The highest BCUT2D eigenvalue weighted by molar-refractivity contribution is 5.65. The van der Waals surface area contributed by atoms with Crippen LogP contribution in [0, 0.1) is 0 Å². The van der Waals surface area contributed by atoms with Crippen molar-refractivity contribution in [2.75, 3.05) is 17.6 Å². The lowest BCUT2D eigenvalue weighted by atomic mass is 10.2. The minimum atomic E-state index is -0.241. The minimum Gasteiger partial charge on any atom is -0.397 e. The van der Waals surface area contributed by atoms with Crippen LogP contribution < -0.4 is 22.5 Å². The number of nitrogens with two attached hydrogens (primary N) is 3. The maximum absolute atomic E-state index is 5.66. The summed E-state index contributed by atoms with van der Waals surface area (Å²) in [5.41, 5.74) is 18.1. The standard InChI is InChI=1S/C8H14N4/c9-5-8(11)12-7-4-2-1-3-6(7)10/h1-4,8,12H,5,9-11H2/t8-/m1/s1. The average molecular weight is 166 g/mol. The number of para-hydroxylation sites is 2. The van der Waals surface area contributed by atoms with Crippen molar-refractivity contribution in [3.8, 4) is 0 Å². The molecule has 0 amide bonds. The fourth-order valence-electron chi connectivity index (χ4n) is 0.887. The molecule has 0 fully saturated rings. The van der Waals surface area contributed by atoms with Crippen molar-refractivity contribution in [2.24, 2.45) is 11.5 Å². The zero-order valence-electron chi connectivity index (χ0n) is 6.83. The van der Waals surface area contributed by atoms with E-state index in [2.05, 4.69) is 5.32 Å². The number of benzene rings is 1. The molecule has 1 rings (SSSR count). The summed E-state index contributed by atoms with van der Waals surface area (Å²) in [5.74, 6) is 0. The van der Waals surface area contributed by atoms with E-state index >= 15 is 0 Å². The molecule has 0 spiro atoms. The Morgan fingerprint density at radius 2 is 2.00 bits per heavy atom. The monoisotopic (exact) mass is 166 g/mol. The summed E-state index contributed by atoms with van der Waals surface area (Å²) in [4.78, 5) is 0. The molecule has 0 aliphatic rings. The Bertz CT molecular complexity index is 249. The van der Waals surface area contributed by atoms with Gasteiger partial charge in [-0.15, -0.1) is 0 Å². The van der Waals surface area contributed by atoms with Gasteiger partial charge < -0.3 is 22.5 Å². The van der Waals surface area contributed by atoms with Gasteiger partial charge in [-0.25, -0.2) is 0 Å². The first-order valence-electron chi connectivity index (χ1n) is 3.80. The van der Waals surface area contributed by atoms with E-state index in [4.69, 9.17) is 17.2 Å². The van der Waals surface area contributed by atoms with Gasteiger partial charge in [-0.3, -0.25) is 0 Å². The van der Waals surface area contributed by atoms with Crippen molar-refractivity contribution < 1.29 is 0 Å². The molecule has 4 nitrogen and oxygen atoms in total. The molecule has 0 saturated heterocycles. The summed E-state index contributed by atoms with van der Waals surface area (Å²) in [6.07, 6.45) is -0.241. The zero-order valence-corrected chi connectivity index (χ0v) is 6.83. The lowest BCUT2D eigenvalue weighted by Crippen LogP contribution is -2.37. The summed E-state index contributed by atoms with van der Waals surface area (Å²) in [5, 5.41) is 2.99. The van der Waals surface area contributed by atoms with Crippen LogP contribution in [0.25, 0.3) is 0 Å². The van der Waals surface area contributed by atoms with E-state index in [9.17, 15) is 0 Å². The SMILES string of the molecule is NC[C@H](N)Nc1ccccc1N. The molecule has 1 atom stereocenters. The van der Waals surface area contributed by atoms with Crippen LogP contribution in [0.5, 0.6) is 0 Å². The minimum absolute atomic E-state index is 0.241. The molecule has 0 radical (unpaired) electrons. The number of hydrogen-bond acceptors (Lipinski definition) is 4. The van der Waals surface area contributed by atoms with Gasteiger partial charge in [0, 0.05) is 6.54 Å². The highest BCUT2D eigenvalue weighted by Gasteiger charge is 2.00.